The molecule has 2 rings (SSSR count). The Balaban J connectivity index is 2.01. The zero-order valence-electron chi connectivity index (χ0n) is 12.1. The number of nitrogens with zero attached hydrogens (tertiary/aromatic N) is 1. The van der Waals surface area contributed by atoms with Crippen LogP contribution in [0.25, 0.3) is 0 Å². The lowest BCUT2D eigenvalue weighted by atomic mass is 10.1. The molecule has 1 saturated carbocycles. The number of carboxylic acid groups (broad SMARTS) is 1. The molecule has 120 valence electrons. The molecular weight excluding hydrogens is 298 g/mol. The number of carbonyl (C=O) groups is 2. The first-order valence-corrected chi connectivity index (χ1v) is 8.77. The van der Waals surface area contributed by atoms with Gasteiger partial charge >= 0.3 is 5.97 Å². The molecule has 0 aromatic rings. The molecule has 1 heterocycles. The van der Waals surface area contributed by atoms with Crippen molar-refractivity contribution in [2.45, 2.75) is 31.4 Å². The number of sulfone groups is 1. The van der Waals surface area contributed by atoms with Crippen molar-refractivity contribution < 1.29 is 27.9 Å². The predicted molar refractivity (Wildman–Crippen MR) is 74.6 cm³/mol. The van der Waals surface area contributed by atoms with Crippen molar-refractivity contribution in [3.63, 3.8) is 0 Å². The van der Waals surface area contributed by atoms with Crippen molar-refractivity contribution >= 4 is 21.7 Å². The number of carboxylic acids is 1. The van der Waals surface area contributed by atoms with Gasteiger partial charge in [0.1, 0.15) is 5.25 Å². The average Bonchev–Trinajstić information content (AvgIpc) is 3.15. The second-order valence-electron chi connectivity index (χ2n) is 5.96. The maximum atomic E-state index is 12.4. The number of carbonyl (C=O) groups excluding carboxylic acids is 1. The summed E-state index contributed by atoms with van der Waals surface area (Å²) in [5.41, 5.74) is -0.662. The lowest BCUT2D eigenvalue weighted by molar-refractivity contribution is -0.138. The fourth-order valence-corrected chi connectivity index (χ4v) is 4.57. The molecule has 1 atom stereocenters. The van der Waals surface area contributed by atoms with Crippen molar-refractivity contribution in [1.29, 1.82) is 0 Å². The molecule has 2 fully saturated rings. The molecule has 1 saturated heterocycles. The van der Waals surface area contributed by atoms with Gasteiger partial charge in [0, 0.05) is 13.1 Å². The van der Waals surface area contributed by atoms with Crippen LogP contribution in [0.3, 0.4) is 0 Å². The van der Waals surface area contributed by atoms with E-state index in [1.165, 1.54) is 11.8 Å². The fraction of sp³-hybridized carbons (Fsp3) is 0.846. The number of morpholine rings is 1. The molecule has 2 aliphatic rings. The van der Waals surface area contributed by atoms with Crippen LogP contribution in [-0.2, 0) is 24.2 Å². The number of amides is 1. The minimum Gasteiger partial charge on any atom is -0.481 e. The molecule has 1 amide bonds. The number of hydrogen-bond acceptors (Lipinski definition) is 5. The number of aliphatic carboxylic acids is 1. The Bertz CT molecular complexity index is 519. The molecule has 1 aliphatic carbocycles. The van der Waals surface area contributed by atoms with Gasteiger partial charge in [-0.15, -0.1) is 0 Å². The Labute approximate surface area is 124 Å². The SMILES string of the molecule is CC(C(=O)N1CCOCC1)S(=O)(=O)CC1(CC(=O)O)CC1. The normalized spacial score (nSPS) is 22.6. The lowest BCUT2D eigenvalue weighted by Crippen LogP contribution is -2.48. The Morgan fingerprint density at radius 3 is 2.33 bits per heavy atom. The highest BCUT2D eigenvalue weighted by atomic mass is 32.2. The maximum Gasteiger partial charge on any atom is 0.303 e. The van der Waals surface area contributed by atoms with Crippen LogP contribution in [0.15, 0.2) is 0 Å². The van der Waals surface area contributed by atoms with Gasteiger partial charge in [0.15, 0.2) is 9.84 Å². The van der Waals surface area contributed by atoms with Crippen LogP contribution in [0.2, 0.25) is 0 Å². The van der Waals surface area contributed by atoms with Crippen molar-refractivity contribution in [3.8, 4) is 0 Å². The van der Waals surface area contributed by atoms with E-state index in [9.17, 15) is 18.0 Å². The molecule has 0 aromatic carbocycles. The summed E-state index contributed by atoms with van der Waals surface area (Å²) in [6, 6.07) is 0. The zero-order chi connectivity index (χ0) is 15.7. The van der Waals surface area contributed by atoms with E-state index in [4.69, 9.17) is 9.84 Å². The van der Waals surface area contributed by atoms with Gasteiger partial charge < -0.3 is 14.7 Å². The second-order valence-corrected chi connectivity index (χ2v) is 8.28. The van der Waals surface area contributed by atoms with Gasteiger partial charge in [0.25, 0.3) is 0 Å². The number of hydrogen-bond donors (Lipinski definition) is 1. The molecule has 0 radical (unpaired) electrons. The van der Waals surface area contributed by atoms with Gasteiger partial charge in [-0.1, -0.05) is 0 Å². The summed E-state index contributed by atoms with van der Waals surface area (Å²) >= 11 is 0. The van der Waals surface area contributed by atoms with Gasteiger partial charge in [-0.2, -0.15) is 0 Å². The highest BCUT2D eigenvalue weighted by Crippen LogP contribution is 2.50. The van der Waals surface area contributed by atoms with Gasteiger partial charge in [0.2, 0.25) is 5.91 Å². The monoisotopic (exact) mass is 319 g/mol. The Kier molecular flexibility index (Phi) is 4.57. The first-order valence-electron chi connectivity index (χ1n) is 7.06. The van der Waals surface area contributed by atoms with E-state index in [1.54, 1.807) is 0 Å². The third-order valence-corrected chi connectivity index (χ3v) is 6.49. The second kappa shape index (κ2) is 5.92. The van der Waals surface area contributed by atoms with E-state index in [0.29, 0.717) is 39.1 Å². The van der Waals surface area contributed by atoms with E-state index in [2.05, 4.69) is 0 Å². The zero-order valence-corrected chi connectivity index (χ0v) is 12.9. The smallest absolute Gasteiger partial charge is 0.303 e. The van der Waals surface area contributed by atoms with Crippen LogP contribution >= 0.6 is 0 Å². The summed E-state index contributed by atoms with van der Waals surface area (Å²) < 4.78 is 29.9. The summed E-state index contributed by atoms with van der Waals surface area (Å²) in [5, 5.41) is 7.73. The van der Waals surface area contributed by atoms with E-state index in [-0.39, 0.29) is 12.2 Å². The maximum absolute atomic E-state index is 12.4. The van der Waals surface area contributed by atoms with Crippen LogP contribution in [0.5, 0.6) is 0 Å². The lowest BCUT2D eigenvalue weighted by Gasteiger charge is -2.29. The highest BCUT2D eigenvalue weighted by Gasteiger charge is 2.49. The third-order valence-electron chi connectivity index (χ3n) is 4.20. The van der Waals surface area contributed by atoms with Crippen LogP contribution in [0.1, 0.15) is 26.2 Å². The molecule has 7 nitrogen and oxygen atoms in total. The highest BCUT2D eigenvalue weighted by molar-refractivity contribution is 7.92. The summed E-state index contributed by atoms with van der Waals surface area (Å²) in [6.45, 7) is 3.03. The fourth-order valence-electron chi connectivity index (χ4n) is 2.62. The minimum absolute atomic E-state index is 0.148. The van der Waals surface area contributed by atoms with E-state index >= 15 is 0 Å². The Morgan fingerprint density at radius 1 is 1.29 bits per heavy atom. The van der Waals surface area contributed by atoms with Crippen molar-refractivity contribution in [3.05, 3.63) is 0 Å². The number of ether oxygens (including phenoxy) is 1. The van der Waals surface area contributed by atoms with Crippen LogP contribution in [-0.4, -0.2) is 67.6 Å². The number of rotatable bonds is 6. The van der Waals surface area contributed by atoms with Gasteiger partial charge in [0.05, 0.1) is 25.4 Å². The van der Waals surface area contributed by atoms with Crippen molar-refractivity contribution in [1.82, 2.24) is 4.90 Å². The molecule has 1 N–H and O–H groups in total. The Morgan fingerprint density at radius 2 is 1.86 bits per heavy atom. The van der Waals surface area contributed by atoms with Crippen LogP contribution < -0.4 is 0 Å². The molecule has 21 heavy (non-hydrogen) atoms. The average molecular weight is 319 g/mol. The molecule has 0 spiro atoms. The molecular formula is C13H21NO6S. The van der Waals surface area contributed by atoms with Crippen LogP contribution in [0.4, 0.5) is 0 Å². The van der Waals surface area contributed by atoms with Crippen LogP contribution in [0, 0.1) is 5.41 Å². The topological polar surface area (TPSA) is 101 Å². The summed E-state index contributed by atoms with van der Waals surface area (Å²) in [6.07, 6.45) is 1.04. The standard InChI is InChI=1S/C13H21NO6S/c1-10(12(17)14-4-6-20-7-5-14)21(18,19)9-13(2-3-13)8-11(15)16/h10H,2-9H2,1H3,(H,15,16). The van der Waals surface area contributed by atoms with Gasteiger partial charge in [-0.3, -0.25) is 9.59 Å². The summed E-state index contributed by atoms with van der Waals surface area (Å²) in [5.74, 6) is -1.62. The summed E-state index contributed by atoms with van der Waals surface area (Å²) in [7, 11) is -3.65. The van der Waals surface area contributed by atoms with Gasteiger partial charge in [-0.05, 0) is 25.2 Å². The third kappa shape index (κ3) is 3.94. The Hall–Kier alpha value is -1.15. The molecule has 0 bridgehead atoms. The van der Waals surface area contributed by atoms with E-state index in [1.807, 2.05) is 0 Å². The van der Waals surface area contributed by atoms with Gasteiger partial charge in [-0.25, -0.2) is 8.42 Å². The molecule has 0 aromatic heterocycles. The van der Waals surface area contributed by atoms with E-state index < -0.39 is 32.4 Å². The first-order chi connectivity index (χ1) is 9.76. The molecule has 1 unspecified atom stereocenters. The van der Waals surface area contributed by atoms with Crippen molar-refractivity contribution in [2.75, 3.05) is 32.1 Å². The predicted octanol–water partition coefficient (Wildman–Crippen LogP) is -0.0966. The largest absolute Gasteiger partial charge is 0.481 e. The van der Waals surface area contributed by atoms with Crippen molar-refractivity contribution in [2.24, 2.45) is 5.41 Å². The minimum atomic E-state index is -3.65. The summed E-state index contributed by atoms with van der Waals surface area (Å²) in [4.78, 5) is 24.6. The molecule has 1 aliphatic heterocycles. The molecule has 8 heteroatoms. The van der Waals surface area contributed by atoms with E-state index in [0.717, 1.165) is 0 Å². The quantitative estimate of drug-likeness (QED) is 0.734. The first kappa shape index (κ1) is 16.2.